The van der Waals surface area contributed by atoms with Crippen LogP contribution in [0.15, 0.2) is 6.07 Å². The van der Waals surface area contributed by atoms with E-state index in [1.54, 1.807) is 13.8 Å². The van der Waals surface area contributed by atoms with Gasteiger partial charge in [0.25, 0.3) is 0 Å². The van der Waals surface area contributed by atoms with Gasteiger partial charge in [-0.05, 0) is 31.0 Å². The van der Waals surface area contributed by atoms with Crippen molar-refractivity contribution in [3.8, 4) is 5.75 Å². The summed E-state index contributed by atoms with van der Waals surface area (Å²) in [6.07, 6.45) is -0.211. The number of phenols is 1. The number of carbonyl (C=O) groups is 1. The monoisotopic (exact) mass is 214 g/mol. The average molecular weight is 215 g/mol. The molecular formula is C10H11ClO3. The highest BCUT2D eigenvalue weighted by Gasteiger charge is 2.13. The number of phenolic OH excluding ortho intramolecular Hbond substituents is 1. The van der Waals surface area contributed by atoms with Crippen LogP contribution in [0.25, 0.3) is 0 Å². The summed E-state index contributed by atoms with van der Waals surface area (Å²) >= 11 is 5.93. The summed E-state index contributed by atoms with van der Waals surface area (Å²) in [5.74, 6) is -0.991. The summed E-state index contributed by atoms with van der Waals surface area (Å²) in [5.41, 5.74) is 1.76. The Labute approximate surface area is 86.9 Å². The van der Waals surface area contributed by atoms with E-state index in [-0.39, 0.29) is 12.2 Å². The normalized spacial score (nSPS) is 10.2. The Balaban J connectivity index is 3.29. The summed E-state index contributed by atoms with van der Waals surface area (Å²) in [4.78, 5) is 10.5. The zero-order valence-electron chi connectivity index (χ0n) is 7.97. The van der Waals surface area contributed by atoms with E-state index in [0.717, 1.165) is 5.56 Å². The van der Waals surface area contributed by atoms with E-state index in [9.17, 15) is 9.90 Å². The quantitative estimate of drug-likeness (QED) is 0.794. The maximum atomic E-state index is 10.5. The van der Waals surface area contributed by atoms with Crippen LogP contribution in [0, 0.1) is 13.8 Å². The van der Waals surface area contributed by atoms with Crippen LogP contribution in [0.2, 0.25) is 5.02 Å². The molecule has 0 saturated heterocycles. The topological polar surface area (TPSA) is 57.5 Å². The Morgan fingerprint density at radius 3 is 2.57 bits per heavy atom. The molecule has 0 spiro atoms. The fraction of sp³-hybridized carbons (Fsp3) is 0.300. The number of hydrogen-bond donors (Lipinski definition) is 2. The first-order chi connectivity index (χ1) is 6.43. The minimum Gasteiger partial charge on any atom is -0.508 e. The third-order valence-electron chi connectivity index (χ3n) is 2.12. The molecule has 0 atom stereocenters. The van der Waals surface area contributed by atoms with Gasteiger partial charge in [0.15, 0.2) is 0 Å². The molecular weight excluding hydrogens is 204 g/mol. The maximum Gasteiger partial charge on any atom is 0.307 e. The van der Waals surface area contributed by atoms with E-state index in [0.29, 0.717) is 16.1 Å². The largest absolute Gasteiger partial charge is 0.508 e. The Kier molecular flexibility index (Phi) is 3.01. The van der Waals surface area contributed by atoms with Crippen molar-refractivity contribution in [2.24, 2.45) is 0 Å². The van der Waals surface area contributed by atoms with Gasteiger partial charge in [-0.15, -0.1) is 0 Å². The molecule has 0 unspecified atom stereocenters. The van der Waals surface area contributed by atoms with E-state index in [2.05, 4.69) is 0 Å². The number of aliphatic carboxylic acids is 1. The molecule has 1 aromatic carbocycles. The van der Waals surface area contributed by atoms with E-state index in [4.69, 9.17) is 16.7 Å². The molecule has 0 fully saturated rings. The highest BCUT2D eigenvalue weighted by atomic mass is 35.5. The first-order valence-corrected chi connectivity index (χ1v) is 4.50. The van der Waals surface area contributed by atoms with Crippen LogP contribution in [0.4, 0.5) is 0 Å². The van der Waals surface area contributed by atoms with Gasteiger partial charge in [-0.25, -0.2) is 0 Å². The van der Waals surface area contributed by atoms with E-state index >= 15 is 0 Å². The summed E-state index contributed by atoms with van der Waals surface area (Å²) in [6.45, 7) is 3.47. The van der Waals surface area contributed by atoms with Gasteiger partial charge >= 0.3 is 5.97 Å². The van der Waals surface area contributed by atoms with Gasteiger partial charge in [0.2, 0.25) is 0 Å². The lowest BCUT2D eigenvalue weighted by Crippen LogP contribution is -2.03. The van der Waals surface area contributed by atoms with Gasteiger partial charge in [0.1, 0.15) is 5.75 Å². The van der Waals surface area contributed by atoms with Crippen molar-refractivity contribution >= 4 is 17.6 Å². The standard InChI is InChI=1S/C10H11ClO3/c1-5-3-8(12)7(4-9(13)14)6(2)10(5)11/h3,12H,4H2,1-2H3,(H,13,14). The molecule has 0 bridgehead atoms. The Morgan fingerprint density at radius 2 is 2.07 bits per heavy atom. The SMILES string of the molecule is Cc1cc(O)c(CC(=O)O)c(C)c1Cl. The van der Waals surface area contributed by atoms with Gasteiger partial charge in [0, 0.05) is 10.6 Å². The second-order valence-corrected chi connectivity index (χ2v) is 3.58. The Morgan fingerprint density at radius 1 is 1.50 bits per heavy atom. The van der Waals surface area contributed by atoms with Crippen molar-refractivity contribution in [3.05, 3.63) is 27.8 Å². The molecule has 4 heteroatoms. The molecule has 0 amide bonds. The summed E-state index contributed by atoms with van der Waals surface area (Å²) in [6, 6.07) is 1.48. The van der Waals surface area contributed by atoms with Gasteiger partial charge in [0.05, 0.1) is 6.42 Å². The highest BCUT2D eigenvalue weighted by Crippen LogP contribution is 2.30. The second-order valence-electron chi connectivity index (χ2n) is 3.20. The minimum absolute atomic E-state index is 0.00759. The minimum atomic E-state index is -0.983. The number of halogens is 1. The molecule has 76 valence electrons. The third-order valence-corrected chi connectivity index (χ3v) is 2.70. The highest BCUT2D eigenvalue weighted by molar-refractivity contribution is 6.32. The number of rotatable bonds is 2. The smallest absolute Gasteiger partial charge is 0.307 e. The summed E-state index contributed by atoms with van der Waals surface area (Å²) in [7, 11) is 0. The van der Waals surface area contributed by atoms with Crippen LogP contribution in [0.3, 0.4) is 0 Å². The van der Waals surface area contributed by atoms with Crippen molar-refractivity contribution < 1.29 is 15.0 Å². The molecule has 0 aliphatic rings. The molecule has 0 heterocycles. The lowest BCUT2D eigenvalue weighted by atomic mass is 10.0. The number of hydrogen-bond acceptors (Lipinski definition) is 2. The Bertz CT molecular complexity index is 385. The van der Waals surface area contributed by atoms with Crippen molar-refractivity contribution in [1.82, 2.24) is 0 Å². The molecule has 14 heavy (non-hydrogen) atoms. The van der Waals surface area contributed by atoms with Crippen LogP contribution in [0.1, 0.15) is 16.7 Å². The molecule has 0 aromatic heterocycles. The van der Waals surface area contributed by atoms with Crippen LogP contribution in [0.5, 0.6) is 5.75 Å². The molecule has 0 aliphatic heterocycles. The number of aromatic hydroxyl groups is 1. The third kappa shape index (κ3) is 1.99. The molecule has 0 saturated carbocycles. The molecule has 0 radical (unpaired) electrons. The van der Waals surface area contributed by atoms with E-state index in [1.807, 2.05) is 0 Å². The fourth-order valence-electron chi connectivity index (χ4n) is 1.35. The fourth-order valence-corrected chi connectivity index (χ4v) is 1.52. The number of carboxylic acids is 1. The van der Waals surface area contributed by atoms with Crippen molar-refractivity contribution in [1.29, 1.82) is 0 Å². The Hall–Kier alpha value is -1.22. The van der Waals surface area contributed by atoms with Crippen LogP contribution < -0.4 is 0 Å². The van der Waals surface area contributed by atoms with Crippen molar-refractivity contribution in [3.63, 3.8) is 0 Å². The zero-order chi connectivity index (χ0) is 10.9. The predicted octanol–water partition coefficient (Wildman–Crippen LogP) is 2.29. The van der Waals surface area contributed by atoms with Crippen LogP contribution >= 0.6 is 11.6 Å². The van der Waals surface area contributed by atoms with Crippen LogP contribution in [-0.4, -0.2) is 16.2 Å². The van der Waals surface area contributed by atoms with Gasteiger partial charge in [-0.1, -0.05) is 11.6 Å². The van der Waals surface area contributed by atoms with E-state index < -0.39 is 5.97 Å². The number of carboxylic acid groups (broad SMARTS) is 1. The van der Waals surface area contributed by atoms with Crippen molar-refractivity contribution in [2.75, 3.05) is 0 Å². The van der Waals surface area contributed by atoms with Gasteiger partial charge in [-0.2, -0.15) is 0 Å². The lowest BCUT2D eigenvalue weighted by Gasteiger charge is -2.10. The first-order valence-electron chi connectivity index (χ1n) is 4.12. The molecule has 3 nitrogen and oxygen atoms in total. The molecule has 0 aliphatic carbocycles. The predicted molar refractivity (Wildman–Crippen MR) is 53.9 cm³/mol. The van der Waals surface area contributed by atoms with Crippen LogP contribution in [-0.2, 0) is 11.2 Å². The van der Waals surface area contributed by atoms with Gasteiger partial charge < -0.3 is 10.2 Å². The van der Waals surface area contributed by atoms with E-state index in [1.165, 1.54) is 6.07 Å². The lowest BCUT2D eigenvalue weighted by molar-refractivity contribution is -0.136. The van der Waals surface area contributed by atoms with Crippen molar-refractivity contribution in [2.45, 2.75) is 20.3 Å². The second kappa shape index (κ2) is 3.88. The summed E-state index contributed by atoms with van der Waals surface area (Å²) < 4.78 is 0. The molecule has 1 rings (SSSR count). The number of benzene rings is 1. The zero-order valence-corrected chi connectivity index (χ0v) is 8.72. The average Bonchev–Trinajstić information content (AvgIpc) is 2.09. The maximum absolute atomic E-state index is 10.5. The molecule has 1 aromatic rings. The molecule has 2 N–H and O–H groups in total. The number of aryl methyl sites for hydroxylation is 1. The summed E-state index contributed by atoms with van der Waals surface area (Å²) in [5, 5.41) is 18.7. The first kappa shape index (κ1) is 10.9. The van der Waals surface area contributed by atoms with Gasteiger partial charge in [-0.3, -0.25) is 4.79 Å².